The van der Waals surface area contributed by atoms with E-state index in [1.165, 1.54) is 22.3 Å². The number of rotatable bonds is 2. The summed E-state index contributed by atoms with van der Waals surface area (Å²) >= 11 is 0. The highest BCUT2D eigenvalue weighted by Crippen LogP contribution is 2.51. The molecule has 0 spiro atoms. The molecule has 5 aromatic rings. The number of pyridine rings is 2. The van der Waals surface area contributed by atoms with Gasteiger partial charge in [0, 0.05) is 39.7 Å². The monoisotopic (exact) mass is 432 g/mol. The van der Waals surface area contributed by atoms with Crippen LogP contribution in [0.5, 0.6) is 0 Å². The topological polar surface area (TPSA) is 38.9 Å². The van der Waals surface area contributed by atoms with Gasteiger partial charge in [0.25, 0.3) is 0 Å². The first-order valence-corrected chi connectivity index (χ1v) is 11.7. The highest BCUT2D eigenvalue weighted by atomic mass is 16.3. The van der Waals surface area contributed by atoms with E-state index >= 15 is 0 Å². The molecule has 3 heterocycles. The van der Waals surface area contributed by atoms with Gasteiger partial charge in [-0.3, -0.25) is 9.97 Å². The van der Waals surface area contributed by atoms with Crippen LogP contribution >= 0.6 is 0 Å². The smallest absolute Gasteiger partial charge is 0.146 e. The zero-order chi connectivity index (χ0) is 23.1. The predicted octanol–water partition coefficient (Wildman–Crippen LogP) is 8.09. The lowest BCUT2D eigenvalue weighted by Gasteiger charge is -2.19. The lowest BCUT2D eigenvalue weighted by molar-refractivity contribution is 0.633. The molecule has 0 aliphatic heterocycles. The molecule has 0 radical (unpaired) electrons. The molecule has 1 aliphatic carbocycles. The van der Waals surface area contributed by atoms with E-state index in [0.717, 1.165) is 50.0 Å². The fourth-order valence-electron chi connectivity index (χ4n) is 5.61. The minimum absolute atomic E-state index is 0.150. The van der Waals surface area contributed by atoms with Gasteiger partial charge in [0.2, 0.25) is 0 Å². The first-order chi connectivity index (χ1) is 15.8. The number of hydrogen-bond acceptors (Lipinski definition) is 3. The molecule has 33 heavy (non-hydrogen) atoms. The second kappa shape index (κ2) is 6.77. The van der Waals surface area contributed by atoms with Crippen molar-refractivity contribution in [3.8, 4) is 22.4 Å². The van der Waals surface area contributed by atoms with Crippen molar-refractivity contribution in [2.24, 2.45) is 0 Å². The number of furan rings is 1. The molecule has 0 saturated carbocycles. The normalized spacial score (nSPS) is 14.3. The van der Waals surface area contributed by atoms with Crippen molar-refractivity contribution in [2.75, 3.05) is 0 Å². The summed E-state index contributed by atoms with van der Waals surface area (Å²) in [5.41, 5.74) is 12.2. The van der Waals surface area contributed by atoms with E-state index in [9.17, 15) is 0 Å². The van der Waals surface area contributed by atoms with Gasteiger partial charge < -0.3 is 4.42 Å². The molecule has 3 nitrogen and oxygen atoms in total. The van der Waals surface area contributed by atoms with Gasteiger partial charge in [0.05, 0.1) is 11.4 Å². The van der Waals surface area contributed by atoms with Crippen LogP contribution in [0, 0.1) is 13.8 Å². The molecule has 2 aromatic carbocycles. The Balaban J connectivity index is 1.70. The van der Waals surface area contributed by atoms with Crippen molar-refractivity contribution in [3.05, 3.63) is 82.8 Å². The first-order valence-electron chi connectivity index (χ1n) is 11.7. The standard InChI is InChI=1S/C30H28N2O/c1-16(2)21-13-24(31-14-18(21)4)25-17(3)11-12-19-22-15-32-29-26(28(22)33-27(19)25)20-9-7-8-10-23(20)30(29,5)6/h7-16H,1-6H3. The Morgan fingerprint density at radius 3 is 2.36 bits per heavy atom. The largest absolute Gasteiger partial charge is 0.455 e. The molecule has 164 valence electrons. The Labute approximate surface area is 194 Å². The van der Waals surface area contributed by atoms with E-state index in [4.69, 9.17) is 14.4 Å². The van der Waals surface area contributed by atoms with Crippen molar-refractivity contribution >= 4 is 21.9 Å². The number of fused-ring (bicyclic) bond motifs is 7. The minimum atomic E-state index is -0.150. The molecule has 3 aromatic heterocycles. The molecule has 0 fully saturated rings. The molecule has 0 saturated heterocycles. The summed E-state index contributed by atoms with van der Waals surface area (Å²) in [6, 6.07) is 15.2. The minimum Gasteiger partial charge on any atom is -0.455 e. The summed E-state index contributed by atoms with van der Waals surface area (Å²) < 4.78 is 6.76. The van der Waals surface area contributed by atoms with Gasteiger partial charge in [-0.05, 0) is 53.6 Å². The molecule has 0 amide bonds. The van der Waals surface area contributed by atoms with Crippen LogP contribution in [0.3, 0.4) is 0 Å². The van der Waals surface area contributed by atoms with Crippen molar-refractivity contribution in [2.45, 2.75) is 52.9 Å². The molecule has 3 heteroatoms. The van der Waals surface area contributed by atoms with Crippen molar-refractivity contribution in [1.29, 1.82) is 0 Å². The van der Waals surface area contributed by atoms with Crippen molar-refractivity contribution in [1.82, 2.24) is 9.97 Å². The summed E-state index contributed by atoms with van der Waals surface area (Å²) in [6.07, 6.45) is 3.98. The molecular weight excluding hydrogens is 404 g/mol. The zero-order valence-electron chi connectivity index (χ0n) is 20.1. The Bertz CT molecular complexity index is 1590. The average molecular weight is 433 g/mol. The molecule has 0 unspecified atom stereocenters. The second-order valence-electron chi connectivity index (χ2n) is 10.2. The van der Waals surface area contributed by atoms with Crippen LogP contribution in [0.2, 0.25) is 0 Å². The van der Waals surface area contributed by atoms with E-state index in [1.54, 1.807) is 0 Å². The molecule has 0 bridgehead atoms. The molecular formula is C30H28N2O. The Kier molecular flexibility index (Phi) is 4.14. The summed E-state index contributed by atoms with van der Waals surface area (Å²) in [4.78, 5) is 9.80. The third-order valence-electron chi connectivity index (χ3n) is 7.38. The van der Waals surface area contributed by atoms with Crippen LogP contribution < -0.4 is 0 Å². The third-order valence-corrected chi connectivity index (χ3v) is 7.38. The highest BCUT2D eigenvalue weighted by Gasteiger charge is 2.39. The number of nitrogens with zero attached hydrogens (tertiary/aromatic N) is 2. The first kappa shape index (κ1) is 20.2. The van der Waals surface area contributed by atoms with Gasteiger partial charge >= 0.3 is 0 Å². The van der Waals surface area contributed by atoms with Crippen LogP contribution in [-0.2, 0) is 5.41 Å². The maximum Gasteiger partial charge on any atom is 0.146 e. The van der Waals surface area contributed by atoms with Crippen LogP contribution in [0.15, 0.2) is 59.3 Å². The lowest BCUT2D eigenvalue weighted by atomic mass is 9.85. The van der Waals surface area contributed by atoms with Gasteiger partial charge in [0.15, 0.2) is 0 Å². The molecule has 0 atom stereocenters. The highest BCUT2D eigenvalue weighted by molar-refractivity contribution is 6.14. The predicted molar refractivity (Wildman–Crippen MR) is 136 cm³/mol. The van der Waals surface area contributed by atoms with E-state index in [0.29, 0.717) is 5.92 Å². The van der Waals surface area contributed by atoms with E-state index in [1.807, 2.05) is 12.4 Å². The number of aryl methyl sites for hydroxylation is 2. The zero-order valence-corrected chi connectivity index (χ0v) is 20.1. The SMILES string of the molecule is Cc1cnc(-c2c(C)ccc3c2oc2c4c(ncc23)C(C)(C)c2ccccc2-4)cc1C(C)C. The van der Waals surface area contributed by atoms with Gasteiger partial charge in [-0.2, -0.15) is 0 Å². The maximum absolute atomic E-state index is 6.76. The average Bonchev–Trinajstić information content (AvgIpc) is 3.27. The molecule has 6 rings (SSSR count). The Hall–Kier alpha value is -3.46. The summed E-state index contributed by atoms with van der Waals surface area (Å²) in [5.74, 6) is 0.438. The fraction of sp³-hybridized carbons (Fsp3) is 0.267. The molecule has 1 aliphatic rings. The third kappa shape index (κ3) is 2.68. The van der Waals surface area contributed by atoms with E-state index in [-0.39, 0.29) is 5.41 Å². The summed E-state index contributed by atoms with van der Waals surface area (Å²) in [6.45, 7) is 13.2. The maximum atomic E-state index is 6.76. The summed E-state index contributed by atoms with van der Waals surface area (Å²) in [7, 11) is 0. The van der Waals surface area contributed by atoms with Gasteiger partial charge in [-0.15, -0.1) is 0 Å². The van der Waals surface area contributed by atoms with Gasteiger partial charge in [-0.1, -0.05) is 64.1 Å². The van der Waals surface area contributed by atoms with Crippen LogP contribution in [-0.4, -0.2) is 9.97 Å². The number of aromatic nitrogens is 2. The number of benzene rings is 2. The Morgan fingerprint density at radius 2 is 1.58 bits per heavy atom. The number of hydrogen-bond donors (Lipinski definition) is 0. The van der Waals surface area contributed by atoms with Gasteiger partial charge in [-0.25, -0.2) is 0 Å². The fourth-order valence-corrected chi connectivity index (χ4v) is 5.61. The Morgan fingerprint density at radius 1 is 0.818 bits per heavy atom. The van der Waals surface area contributed by atoms with E-state index in [2.05, 4.69) is 84.0 Å². The van der Waals surface area contributed by atoms with Gasteiger partial charge in [0.1, 0.15) is 11.2 Å². The van der Waals surface area contributed by atoms with Crippen LogP contribution in [0.1, 0.15) is 61.6 Å². The van der Waals surface area contributed by atoms with E-state index < -0.39 is 0 Å². The van der Waals surface area contributed by atoms with Crippen LogP contribution in [0.4, 0.5) is 0 Å². The second-order valence-corrected chi connectivity index (χ2v) is 10.2. The van der Waals surface area contributed by atoms with Crippen molar-refractivity contribution < 1.29 is 4.42 Å². The quantitative estimate of drug-likeness (QED) is 0.283. The van der Waals surface area contributed by atoms with Crippen LogP contribution in [0.25, 0.3) is 44.3 Å². The summed E-state index contributed by atoms with van der Waals surface area (Å²) in [5, 5.41) is 2.16. The molecule has 0 N–H and O–H groups in total. The lowest BCUT2D eigenvalue weighted by Crippen LogP contribution is -2.16. The van der Waals surface area contributed by atoms with Crippen molar-refractivity contribution in [3.63, 3.8) is 0 Å².